The molecule has 8 nitrogen and oxygen atoms in total. The van der Waals surface area contributed by atoms with E-state index in [1.165, 1.54) is 12.7 Å². The van der Waals surface area contributed by atoms with Crippen molar-refractivity contribution in [2.24, 2.45) is 0 Å². The van der Waals surface area contributed by atoms with Crippen molar-refractivity contribution >= 4 is 17.4 Å². The van der Waals surface area contributed by atoms with Gasteiger partial charge in [-0.25, -0.2) is 9.97 Å². The molecule has 3 aromatic rings. The first kappa shape index (κ1) is 16.9. The van der Waals surface area contributed by atoms with Gasteiger partial charge >= 0.3 is 0 Å². The zero-order valence-electron chi connectivity index (χ0n) is 15.6. The molecule has 2 aromatic heterocycles. The van der Waals surface area contributed by atoms with Gasteiger partial charge in [0.2, 0.25) is 5.91 Å². The minimum atomic E-state index is -0.204. The maximum atomic E-state index is 12.6. The second-order valence-electron chi connectivity index (χ2n) is 7.17. The highest BCUT2D eigenvalue weighted by Crippen LogP contribution is 2.38. The number of amides is 1. The van der Waals surface area contributed by atoms with E-state index in [1.807, 2.05) is 37.3 Å². The van der Waals surface area contributed by atoms with Crippen LogP contribution in [0, 0.1) is 0 Å². The number of hydrogen-bond acceptors (Lipinski definition) is 6. The van der Waals surface area contributed by atoms with Crippen LogP contribution in [0.3, 0.4) is 0 Å². The summed E-state index contributed by atoms with van der Waals surface area (Å²) < 4.78 is 1.64. The highest BCUT2D eigenvalue weighted by atomic mass is 16.2. The SMILES string of the molecule is CCC1C(=O)Nc2cnc(-n3ncnc3-c3ccccc3)nc2N1C1CCC1. The third-order valence-electron chi connectivity index (χ3n) is 5.52. The molecule has 1 aliphatic heterocycles. The van der Waals surface area contributed by atoms with Crippen LogP contribution in [-0.4, -0.2) is 42.7 Å². The van der Waals surface area contributed by atoms with Crippen molar-refractivity contribution < 1.29 is 4.79 Å². The van der Waals surface area contributed by atoms with Gasteiger partial charge in [0.05, 0.1) is 6.20 Å². The number of anilines is 2. The van der Waals surface area contributed by atoms with Gasteiger partial charge in [-0.1, -0.05) is 37.3 Å². The first-order chi connectivity index (χ1) is 13.8. The Bertz CT molecular complexity index is 1010. The molecule has 2 aliphatic rings. The zero-order chi connectivity index (χ0) is 19.1. The van der Waals surface area contributed by atoms with Crippen LogP contribution in [0.25, 0.3) is 17.3 Å². The summed E-state index contributed by atoms with van der Waals surface area (Å²) in [6, 6.07) is 9.99. The van der Waals surface area contributed by atoms with Crippen molar-refractivity contribution in [1.82, 2.24) is 24.7 Å². The number of hydrogen-bond donors (Lipinski definition) is 1. The van der Waals surface area contributed by atoms with Crippen LogP contribution in [-0.2, 0) is 4.79 Å². The van der Waals surface area contributed by atoms with Crippen LogP contribution in [0.1, 0.15) is 32.6 Å². The molecule has 142 valence electrons. The summed E-state index contributed by atoms with van der Waals surface area (Å²) in [6.45, 7) is 2.04. The summed E-state index contributed by atoms with van der Waals surface area (Å²) in [5.74, 6) is 1.92. The molecule has 1 atom stereocenters. The number of aromatic nitrogens is 5. The molecule has 0 saturated heterocycles. The highest BCUT2D eigenvalue weighted by Gasteiger charge is 2.39. The summed E-state index contributed by atoms with van der Waals surface area (Å²) in [7, 11) is 0. The molecule has 28 heavy (non-hydrogen) atoms. The molecule has 5 rings (SSSR count). The van der Waals surface area contributed by atoms with Crippen LogP contribution >= 0.6 is 0 Å². The van der Waals surface area contributed by atoms with Gasteiger partial charge in [-0.2, -0.15) is 14.8 Å². The van der Waals surface area contributed by atoms with Crippen molar-refractivity contribution in [3.8, 4) is 17.3 Å². The van der Waals surface area contributed by atoms with Gasteiger partial charge in [0.15, 0.2) is 11.6 Å². The van der Waals surface area contributed by atoms with E-state index in [9.17, 15) is 4.79 Å². The fourth-order valence-electron chi connectivity index (χ4n) is 3.89. The Morgan fingerprint density at radius 3 is 2.71 bits per heavy atom. The predicted octanol–water partition coefficient (Wildman–Crippen LogP) is 2.81. The Labute approximate surface area is 162 Å². The molecule has 1 aliphatic carbocycles. The molecule has 0 spiro atoms. The third kappa shape index (κ3) is 2.64. The molecule has 3 heterocycles. The molecule has 1 unspecified atom stereocenters. The summed E-state index contributed by atoms with van der Waals surface area (Å²) in [5.41, 5.74) is 1.60. The lowest BCUT2D eigenvalue weighted by atomic mass is 9.89. The summed E-state index contributed by atoms with van der Waals surface area (Å²) >= 11 is 0. The van der Waals surface area contributed by atoms with Gasteiger partial charge < -0.3 is 10.2 Å². The number of carbonyl (C=O) groups excluding carboxylic acids is 1. The first-order valence-corrected chi connectivity index (χ1v) is 9.68. The number of benzene rings is 1. The lowest BCUT2D eigenvalue weighted by molar-refractivity contribution is -0.118. The van der Waals surface area contributed by atoms with Crippen molar-refractivity contribution in [3.63, 3.8) is 0 Å². The normalized spacial score (nSPS) is 19.1. The van der Waals surface area contributed by atoms with E-state index in [0.717, 1.165) is 30.6 Å². The smallest absolute Gasteiger partial charge is 0.254 e. The van der Waals surface area contributed by atoms with E-state index < -0.39 is 0 Å². The minimum absolute atomic E-state index is 0.0176. The monoisotopic (exact) mass is 375 g/mol. The summed E-state index contributed by atoms with van der Waals surface area (Å²) in [4.78, 5) is 28.4. The topological polar surface area (TPSA) is 88.8 Å². The number of fused-ring (bicyclic) bond motifs is 1. The van der Waals surface area contributed by atoms with Gasteiger partial charge in [0.25, 0.3) is 5.95 Å². The van der Waals surface area contributed by atoms with E-state index in [0.29, 0.717) is 23.5 Å². The van der Waals surface area contributed by atoms with Gasteiger partial charge in [-0.3, -0.25) is 4.79 Å². The Kier molecular flexibility index (Phi) is 4.03. The quantitative estimate of drug-likeness (QED) is 0.754. The average molecular weight is 375 g/mol. The van der Waals surface area contributed by atoms with Gasteiger partial charge in [0, 0.05) is 11.6 Å². The number of nitrogens with zero attached hydrogens (tertiary/aromatic N) is 6. The Morgan fingerprint density at radius 1 is 1.18 bits per heavy atom. The van der Waals surface area contributed by atoms with Crippen LogP contribution in [0.2, 0.25) is 0 Å². The van der Waals surface area contributed by atoms with E-state index >= 15 is 0 Å². The van der Waals surface area contributed by atoms with E-state index in [1.54, 1.807) is 10.9 Å². The lowest BCUT2D eigenvalue weighted by Crippen LogP contribution is -2.55. The van der Waals surface area contributed by atoms with Crippen molar-refractivity contribution in [2.45, 2.75) is 44.7 Å². The Balaban J connectivity index is 1.60. The molecule has 1 saturated carbocycles. The van der Waals surface area contributed by atoms with Crippen LogP contribution in [0.4, 0.5) is 11.5 Å². The molecule has 1 aromatic carbocycles. The first-order valence-electron chi connectivity index (χ1n) is 9.68. The highest BCUT2D eigenvalue weighted by molar-refractivity contribution is 6.02. The molecule has 1 N–H and O–H groups in total. The maximum absolute atomic E-state index is 12.6. The largest absolute Gasteiger partial charge is 0.340 e. The van der Waals surface area contributed by atoms with Crippen LogP contribution in [0.5, 0.6) is 0 Å². The number of carbonyl (C=O) groups is 1. The lowest BCUT2D eigenvalue weighted by Gasteiger charge is -2.45. The fourth-order valence-corrected chi connectivity index (χ4v) is 3.89. The molecular weight excluding hydrogens is 354 g/mol. The van der Waals surface area contributed by atoms with Crippen molar-refractivity contribution in [3.05, 3.63) is 42.9 Å². The minimum Gasteiger partial charge on any atom is -0.340 e. The average Bonchev–Trinajstić information content (AvgIpc) is 3.17. The standard InChI is InChI=1S/C20H21N7O/c1-2-16-19(28)24-15-11-21-20(25-18(15)26(16)14-9-6-10-14)27-17(22-12-23-27)13-7-4-3-5-8-13/h3-5,7-8,11-12,14,16H,2,6,9-10H2,1H3,(H,24,28). The summed E-state index contributed by atoms with van der Waals surface area (Å²) in [5, 5.41) is 7.31. The molecule has 1 fully saturated rings. The number of rotatable bonds is 4. The maximum Gasteiger partial charge on any atom is 0.254 e. The van der Waals surface area contributed by atoms with E-state index in [2.05, 4.69) is 25.3 Å². The van der Waals surface area contributed by atoms with Crippen LogP contribution in [0.15, 0.2) is 42.9 Å². The number of nitrogens with one attached hydrogen (secondary N) is 1. The molecule has 8 heteroatoms. The van der Waals surface area contributed by atoms with Gasteiger partial charge in [0.1, 0.15) is 18.1 Å². The fraction of sp³-hybridized carbons (Fsp3) is 0.350. The molecule has 1 amide bonds. The second kappa shape index (κ2) is 6.70. The summed E-state index contributed by atoms with van der Waals surface area (Å²) in [6.07, 6.45) is 7.27. The van der Waals surface area contributed by atoms with Gasteiger partial charge in [-0.05, 0) is 25.7 Å². The van der Waals surface area contributed by atoms with E-state index in [4.69, 9.17) is 4.98 Å². The third-order valence-corrected chi connectivity index (χ3v) is 5.52. The predicted molar refractivity (Wildman–Crippen MR) is 105 cm³/mol. The Morgan fingerprint density at radius 2 is 2.00 bits per heavy atom. The second-order valence-corrected chi connectivity index (χ2v) is 7.17. The molecule has 0 bridgehead atoms. The van der Waals surface area contributed by atoms with Crippen molar-refractivity contribution in [2.75, 3.05) is 10.2 Å². The Hall–Kier alpha value is -3.29. The van der Waals surface area contributed by atoms with Crippen molar-refractivity contribution in [1.29, 1.82) is 0 Å². The molecular formula is C20H21N7O. The molecule has 0 radical (unpaired) electrons. The zero-order valence-corrected chi connectivity index (χ0v) is 15.6. The van der Waals surface area contributed by atoms with E-state index in [-0.39, 0.29) is 11.9 Å². The van der Waals surface area contributed by atoms with Gasteiger partial charge in [-0.15, -0.1) is 0 Å². The van der Waals surface area contributed by atoms with Crippen LogP contribution < -0.4 is 10.2 Å².